The Labute approximate surface area is 127 Å². The highest BCUT2D eigenvalue weighted by molar-refractivity contribution is 9.10. The molecule has 0 fully saturated rings. The molecule has 2 aromatic rings. The lowest BCUT2D eigenvalue weighted by Crippen LogP contribution is -2.07. The summed E-state index contributed by atoms with van der Waals surface area (Å²) in [6, 6.07) is 5.69. The minimum absolute atomic E-state index is 0.242. The van der Waals surface area contributed by atoms with Gasteiger partial charge in [-0.3, -0.25) is 4.68 Å². The third kappa shape index (κ3) is 3.39. The van der Waals surface area contributed by atoms with Gasteiger partial charge in [-0.1, -0.05) is 6.92 Å². The van der Waals surface area contributed by atoms with E-state index in [2.05, 4.69) is 40.2 Å². The van der Waals surface area contributed by atoms with E-state index in [0.29, 0.717) is 17.1 Å². The van der Waals surface area contributed by atoms with Crippen LogP contribution in [0.15, 0.2) is 28.9 Å². The van der Waals surface area contributed by atoms with Crippen molar-refractivity contribution in [1.29, 1.82) is 0 Å². The number of aromatic nitrogens is 2. The van der Waals surface area contributed by atoms with Gasteiger partial charge in [0.1, 0.15) is 5.82 Å². The van der Waals surface area contributed by atoms with Crippen LogP contribution >= 0.6 is 15.9 Å². The van der Waals surface area contributed by atoms with Crippen LogP contribution in [0.4, 0.5) is 10.1 Å². The van der Waals surface area contributed by atoms with Crippen LogP contribution in [0.1, 0.15) is 37.6 Å². The van der Waals surface area contributed by atoms with Gasteiger partial charge < -0.3 is 5.32 Å². The summed E-state index contributed by atoms with van der Waals surface area (Å²) in [6.45, 7) is 6.80. The summed E-state index contributed by atoms with van der Waals surface area (Å²) in [4.78, 5) is 0. The van der Waals surface area contributed by atoms with Gasteiger partial charge in [0, 0.05) is 17.9 Å². The van der Waals surface area contributed by atoms with E-state index in [1.807, 2.05) is 23.9 Å². The molecule has 1 atom stereocenters. The van der Waals surface area contributed by atoms with Crippen molar-refractivity contribution >= 4 is 21.6 Å². The van der Waals surface area contributed by atoms with Crippen molar-refractivity contribution in [2.24, 2.45) is 0 Å². The zero-order chi connectivity index (χ0) is 14.7. The van der Waals surface area contributed by atoms with Crippen LogP contribution in [0.2, 0.25) is 0 Å². The lowest BCUT2D eigenvalue weighted by molar-refractivity contribution is 0.474. The van der Waals surface area contributed by atoms with Crippen molar-refractivity contribution in [3.05, 3.63) is 45.9 Å². The fourth-order valence-electron chi connectivity index (χ4n) is 1.93. The molecule has 20 heavy (non-hydrogen) atoms. The molecule has 0 saturated carbocycles. The van der Waals surface area contributed by atoms with E-state index in [4.69, 9.17) is 0 Å². The van der Waals surface area contributed by atoms with Gasteiger partial charge in [-0.25, -0.2) is 4.39 Å². The molecule has 0 saturated heterocycles. The lowest BCUT2D eigenvalue weighted by Gasteiger charge is -2.10. The van der Waals surface area contributed by atoms with E-state index in [0.717, 1.165) is 23.4 Å². The number of benzene rings is 1. The molecule has 1 heterocycles. The highest BCUT2D eigenvalue weighted by Gasteiger charge is 2.07. The standard InChI is InChI=1S/C15H19BrFN3/c1-4-11(3)20-6-5-12(19-20)9-18-15-8-13(16)14(17)7-10(15)2/h5-8,11,18H,4,9H2,1-3H3. The van der Waals surface area contributed by atoms with Gasteiger partial charge >= 0.3 is 0 Å². The second kappa shape index (κ2) is 6.39. The topological polar surface area (TPSA) is 29.9 Å². The van der Waals surface area contributed by atoms with E-state index < -0.39 is 0 Å². The first kappa shape index (κ1) is 15.0. The smallest absolute Gasteiger partial charge is 0.137 e. The Morgan fingerprint density at radius 3 is 2.90 bits per heavy atom. The van der Waals surface area contributed by atoms with E-state index in [1.54, 1.807) is 6.07 Å². The Morgan fingerprint density at radius 2 is 2.20 bits per heavy atom. The predicted molar refractivity (Wildman–Crippen MR) is 83.4 cm³/mol. The van der Waals surface area contributed by atoms with Crippen LogP contribution in [0, 0.1) is 12.7 Å². The summed E-state index contributed by atoms with van der Waals surface area (Å²) in [5.74, 6) is -0.242. The van der Waals surface area contributed by atoms with Crippen LogP contribution in [0.3, 0.4) is 0 Å². The molecule has 0 aliphatic heterocycles. The van der Waals surface area contributed by atoms with Gasteiger partial charge in [0.15, 0.2) is 0 Å². The first-order chi connectivity index (χ1) is 9.51. The minimum Gasteiger partial charge on any atom is -0.379 e. The Balaban J connectivity index is 2.05. The van der Waals surface area contributed by atoms with Crippen molar-refractivity contribution in [1.82, 2.24) is 9.78 Å². The molecule has 0 radical (unpaired) electrons. The molecule has 0 spiro atoms. The molecule has 3 nitrogen and oxygen atoms in total. The lowest BCUT2D eigenvalue weighted by atomic mass is 10.2. The number of hydrogen-bond acceptors (Lipinski definition) is 2. The Morgan fingerprint density at radius 1 is 1.45 bits per heavy atom. The number of rotatable bonds is 5. The van der Waals surface area contributed by atoms with Crippen molar-refractivity contribution in [2.45, 2.75) is 39.8 Å². The molecule has 5 heteroatoms. The number of nitrogens with one attached hydrogen (secondary N) is 1. The summed E-state index contributed by atoms with van der Waals surface area (Å²) in [5, 5.41) is 7.83. The number of nitrogens with zero attached hydrogens (tertiary/aromatic N) is 2. The van der Waals surface area contributed by atoms with E-state index in [1.165, 1.54) is 6.07 Å². The highest BCUT2D eigenvalue weighted by Crippen LogP contribution is 2.24. The maximum absolute atomic E-state index is 13.4. The Bertz CT molecular complexity index is 595. The Hall–Kier alpha value is -1.36. The first-order valence-corrected chi connectivity index (χ1v) is 7.54. The zero-order valence-electron chi connectivity index (χ0n) is 12.0. The molecule has 1 unspecified atom stereocenters. The van der Waals surface area contributed by atoms with Gasteiger partial charge in [-0.15, -0.1) is 0 Å². The molecule has 0 amide bonds. The molecule has 2 rings (SSSR count). The molecule has 0 bridgehead atoms. The number of anilines is 1. The zero-order valence-corrected chi connectivity index (χ0v) is 13.5. The van der Waals surface area contributed by atoms with E-state index in [9.17, 15) is 4.39 Å². The molecule has 1 aromatic heterocycles. The van der Waals surface area contributed by atoms with Crippen LogP contribution in [-0.2, 0) is 6.54 Å². The van der Waals surface area contributed by atoms with E-state index in [-0.39, 0.29) is 5.82 Å². The molecule has 1 aromatic carbocycles. The summed E-state index contributed by atoms with van der Waals surface area (Å²) in [6.07, 6.45) is 3.05. The van der Waals surface area contributed by atoms with Gasteiger partial charge in [-0.2, -0.15) is 5.10 Å². The van der Waals surface area contributed by atoms with Crippen LogP contribution in [-0.4, -0.2) is 9.78 Å². The fourth-order valence-corrected chi connectivity index (χ4v) is 2.27. The second-order valence-electron chi connectivity index (χ2n) is 4.98. The molecule has 108 valence electrons. The van der Waals surface area contributed by atoms with Gasteiger partial charge in [0.2, 0.25) is 0 Å². The fraction of sp³-hybridized carbons (Fsp3) is 0.400. The van der Waals surface area contributed by atoms with Gasteiger partial charge in [0.05, 0.1) is 16.7 Å². The van der Waals surface area contributed by atoms with Crippen LogP contribution < -0.4 is 5.32 Å². The molecular formula is C15H19BrFN3. The predicted octanol–water partition coefficient (Wildman–Crippen LogP) is 4.68. The normalized spacial score (nSPS) is 12.4. The molecule has 1 N–H and O–H groups in total. The summed E-state index contributed by atoms with van der Waals surface area (Å²) in [5.41, 5.74) is 2.77. The molecule has 0 aliphatic rings. The number of hydrogen-bond donors (Lipinski definition) is 1. The summed E-state index contributed by atoms with van der Waals surface area (Å²) >= 11 is 3.20. The molecular weight excluding hydrogens is 321 g/mol. The van der Waals surface area contributed by atoms with E-state index >= 15 is 0 Å². The van der Waals surface area contributed by atoms with Crippen LogP contribution in [0.25, 0.3) is 0 Å². The van der Waals surface area contributed by atoms with Crippen molar-refractivity contribution in [2.75, 3.05) is 5.32 Å². The minimum atomic E-state index is -0.242. The third-order valence-electron chi connectivity index (χ3n) is 3.43. The quantitative estimate of drug-likeness (QED) is 0.857. The average Bonchev–Trinajstić information content (AvgIpc) is 2.89. The second-order valence-corrected chi connectivity index (χ2v) is 5.83. The van der Waals surface area contributed by atoms with Crippen molar-refractivity contribution in [3.8, 4) is 0 Å². The van der Waals surface area contributed by atoms with Crippen molar-refractivity contribution < 1.29 is 4.39 Å². The first-order valence-electron chi connectivity index (χ1n) is 6.74. The third-order valence-corrected chi connectivity index (χ3v) is 4.04. The van der Waals surface area contributed by atoms with Crippen LogP contribution in [0.5, 0.6) is 0 Å². The summed E-state index contributed by atoms with van der Waals surface area (Å²) < 4.78 is 15.8. The SMILES string of the molecule is CCC(C)n1ccc(CNc2cc(Br)c(F)cc2C)n1. The average molecular weight is 340 g/mol. The summed E-state index contributed by atoms with van der Waals surface area (Å²) in [7, 11) is 0. The number of halogens is 2. The van der Waals surface area contributed by atoms with Crippen molar-refractivity contribution in [3.63, 3.8) is 0 Å². The number of aryl methyl sites for hydroxylation is 1. The maximum atomic E-state index is 13.4. The maximum Gasteiger partial charge on any atom is 0.137 e. The monoisotopic (exact) mass is 339 g/mol. The highest BCUT2D eigenvalue weighted by atomic mass is 79.9. The molecule has 0 aliphatic carbocycles. The van der Waals surface area contributed by atoms with Gasteiger partial charge in [0.25, 0.3) is 0 Å². The van der Waals surface area contributed by atoms with Gasteiger partial charge in [-0.05, 0) is 60.0 Å². The Kier molecular flexibility index (Phi) is 4.81. The largest absolute Gasteiger partial charge is 0.379 e.